The highest BCUT2D eigenvalue weighted by molar-refractivity contribution is 6.30. The SMILES string of the molecule is CC1NCC2(CCCCCC2)OC1c1cccc(Cl)c1. The van der Waals surface area contributed by atoms with Crippen molar-refractivity contribution in [1.29, 1.82) is 0 Å². The summed E-state index contributed by atoms with van der Waals surface area (Å²) in [6.07, 6.45) is 7.76. The molecule has 2 aliphatic rings. The van der Waals surface area contributed by atoms with E-state index in [1.54, 1.807) is 0 Å². The van der Waals surface area contributed by atoms with E-state index >= 15 is 0 Å². The average Bonchev–Trinajstić information content (AvgIpc) is 2.68. The Kier molecular flexibility index (Phi) is 4.34. The molecule has 2 nitrogen and oxygen atoms in total. The molecule has 1 heterocycles. The Labute approximate surface area is 126 Å². The summed E-state index contributed by atoms with van der Waals surface area (Å²) < 4.78 is 6.63. The predicted molar refractivity (Wildman–Crippen MR) is 83.2 cm³/mol. The number of benzene rings is 1. The summed E-state index contributed by atoms with van der Waals surface area (Å²) in [7, 11) is 0. The number of hydrogen-bond donors (Lipinski definition) is 1. The normalized spacial score (nSPS) is 30.1. The fourth-order valence-corrected chi connectivity index (χ4v) is 3.77. The zero-order valence-electron chi connectivity index (χ0n) is 12.2. The topological polar surface area (TPSA) is 21.3 Å². The van der Waals surface area contributed by atoms with Crippen molar-refractivity contribution in [3.05, 3.63) is 34.9 Å². The zero-order valence-corrected chi connectivity index (χ0v) is 13.0. The van der Waals surface area contributed by atoms with Crippen LogP contribution in [0.4, 0.5) is 0 Å². The van der Waals surface area contributed by atoms with Crippen LogP contribution >= 0.6 is 11.6 Å². The third-order valence-corrected chi connectivity index (χ3v) is 5.00. The molecule has 1 aromatic rings. The number of halogens is 1. The summed E-state index contributed by atoms with van der Waals surface area (Å²) in [6.45, 7) is 3.19. The molecule has 1 aromatic carbocycles. The summed E-state index contributed by atoms with van der Waals surface area (Å²) in [5.41, 5.74) is 1.23. The molecule has 0 radical (unpaired) electrons. The number of rotatable bonds is 1. The van der Waals surface area contributed by atoms with Crippen LogP contribution in [-0.2, 0) is 4.74 Å². The zero-order chi connectivity index (χ0) is 14.0. The lowest BCUT2D eigenvalue weighted by atomic mass is 9.89. The summed E-state index contributed by atoms with van der Waals surface area (Å²) >= 11 is 6.14. The lowest BCUT2D eigenvalue weighted by molar-refractivity contribution is -0.142. The first-order valence-electron chi connectivity index (χ1n) is 7.85. The third kappa shape index (κ3) is 3.03. The monoisotopic (exact) mass is 293 g/mol. The van der Waals surface area contributed by atoms with Crippen LogP contribution in [-0.4, -0.2) is 18.2 Å². The molecule has 2 atom stereocenters. The molecule has 1 N–H and O–H groups in total. The van der Waals surface area contributed by atoms with E-state index in [1.807, 2.05) is 18.2 Å². The van der Waals surface area contributed by atoms with Crippen molar-refractivity contribution >= 4 is 11.6 Å². The summed E-state index contributed by atoms with van der Waals surface area (Å²) in [4.78, 5) is 0. The van der Waals surface area contributed by atoms with Gasteiger partial charge in [0.05, 0.1) is 11.7 Å². The maximum absolute atomic E-state index is 6.63. The number of ether oxygens (including phenoxy) is 1. The van der Waals surface area contributed by atoms with E-state index in [0.29, 0.717) is 6.04 Å². The van der Waals surface area contributed by atoms with Gasteiger partial charge in [0.25, 0.3) is 0 Å². The van der Waals surface area contributed by atoms with Gasteiger partial charge < -0.3 is 10.1 Å². The van der Waals surface area contributed by atoms with Crippen LogP contribution in [0.25, 0.3) is 0 Å². The van der Waals surface area contributed by atoms with Gasteiger partial charge >= 0.3 is 0 Å². The molecule has 1 aliphatic carbocycles. The van der Waals surface area contributed by atoms with Crippen LogP contribution in [0.3, 0.4) is 0 Å². The van der Waals surface area contributed by atoms with Crippen molar-refractivity contribution < 1.29 is 4.74 Å². The van der Waals surface area contributed by atoms with Gasteiger partial charge in [-0.3, -0.25) is 0 Å². The lowest BCUT2D eigenvalue weighted by Gasteiger charge is -2.45. The minimum Gasteiger partial charge on any atom is -0.364 e. The van der Waals surface area contributed by atoms with E-state index in [9.17, 15) is 0 Å². The molecule has 3 heteroatoms. The molecule has 2 fully saturated rings. The van der Waals surface area contributed by atoms with E-state index in [4.69, 9.17) is 16.3 Å². The predicted octanol–water partition coefficient (Wildman–Crippen LogP) is 4.48. The van der Waals surface area contributed by atoms with Gasteiger partial charge in [-0.2, -0.15) is 0 Å². The summed E-state index contributed by atoms with van der Waals surface area (Å²) in [6, 6.07) is 8.45. The van der Waals surface area contributed by atoms with Crippen LogP contribution < -0.4 is 5.32 Å². The van der Waals surface area contributed by atoms with E-state index in [1.165, 1.54) is 44.1 Å². The number of hydrogen-bond acceptors (Lipinski definition) is 2. The molecular formula is C17H24ClNO. The van der Waals surface area contributed by atoms with Crippen molar-refractivity contribution in [2.45, 2.75) is 63.2 Å². The Bertz CT molecular complexity index is 454. The first-order valence-corrected chi connectivity index (χ1v) is 8.23. The van der Waals surface area contributed by atoms with Crippen LogP contribution in [0.2, 0.25) is 5.02 Å². The minimum atomic E-state index is 0.0377. The quantitative estimate of drug-likeness (QED) is 0.824. The molecule has 20 heavy (non-hydrogen) atoms. The molecule has 1 saturated carbocycles. The highest BCUT2D eigenvalue weighted by Gasteiger charge is 2.40. The molecular weight excluding hydrogens is 270 g/mol. The highest BCUT2D eigenvalue weighted by Crippen LogP contribution is 2.39. The van der Waals surface area contributed by atoms with Crippen molar-refractivity contribution in [2.24, 2.45) is 0 Å². The molecule has 0 bridgehead atoms. The Balaban J connectivity index is 1.82. The molecule has 1 spiro atoms. The van der Waals surface area contributed by atoms with Crippen molar-refractivity contribution in [3.8, 4) is 0 Å². The van der Waals surface area contributed by atoms with Gasteiger partial charge in [-0.15, -0.1) is 0 Å². The third-order valence-electron chi connectivity index (χ3n) is 4.77. The Morgan fingerprint density at radius 3 is 2.65 bits per heavy atom. The molecule has 2 unspecified atom stereocenters. The largest absolute Gasteiger partial charge is 0.364 e. The molecule has 0 aromatic heterocycles. The van der Waals surface area contributed by atoms with Crippen LogP contribution in [0.15, 0.2) is 24.3 Å². The second kappa shape index (κ2) is 6.05. The standard InChI is InChI=1S/C17H24ClNO/c1-13-16(14-7-6-8-15(18)11-14)20-17(12-19-13)9-4-2-3-5-10-17/h6-8,11,13,16,19H,2-5,9-10,12H2,1H3. The lowest BCUT2D eigenvalue weighted by Crippen LogP contribution is -2.54. The number of nitrogens with one attached hydrogen (secondary N) is 1. The molecule has 3 rings (SSSR count). The van der Waals surface area contributed by atoms with E-state index in [2.05, 4.69) is 18.3 Å². The first kappa shape index (κ1) is 14.4. The minimum absolute atomic E-state index is 0.0377. The number of morpholine rings is 1. The van der Waals surface area contributed by atoms with Gasteiger partial charge in [0.15, 0.2) is 0 Å². The van der Waals surface area contributed by atoms with Crippen molar-refractivity contribution in [3.63, 3.8) is 0 Å². The summed E-state index contributed by atoms with van der Waals surface area (Å²) in [5, 5.41) is 4.46. The highest BCUT2D eigenvalue weighted by atomic mass is 35.5. The summed E-state index contributed by atoms with van der Waals surface area (Å²) in [5.74, 6) is 0. The van der Waals surface area contributed by atoms with Gasteiger partial charge in [0.1, 0.15) is 0 Å². The second-order valence-electron chi connectivity index (χ2n) is 6.36. The Morgan fingerprint density at radius 1 is 1.20 bits per heavy atom. The molecule has 0 amide bonds. The van der Waals surface area contributed by atoms with Crippen LogP contribution in [0, 0.1) is 0 Å². The van der Waals surface area contributed by atoms with Crippen molar-refractivity contribution in [2.75, 3.05) is 6.54 Å². The van der Waals surface area contributed by atoms with E-state index in [-0.39, 0.29) is 11.7 Å². The first-order chi connectivity index (χ1) is 9.69. The average molecular weight is 294 g/mol. The Morgan fingerprint density at radius 2 is 1.95 bits per heavy atom. The van der Waals surface area contributed by atoms with Crippen LogP contribution in [0.1, 0.15) is 57.1 Å². The second-order valence-corrected chi connectivity index (χ2v) is 6.80. The van der Waals surface area contributed by atoms with E-state index in [0.717, 1.165) is 11.6 Å². The van der Waals surface area contributed by atoms with Gasteiger partial charge in [-0.05, 0) is 37.5 Å². The maximum Gasteiger partial charge on any atom is 0.0983 e. The molecule has 110 valence electrons. The molecule has 1 saturated heterocycles. The van der Waals surface area contributed by atoms with Crippen LogP contribution in [0.5, 0.6) is 0 Å². The Hall–Kier alpha value is -0.570. The van der Waals surface area contributed by atoms with Gasteiger partial charge in [-0.25, -0.2) is 0 Å². The van der Waals surface area contributed by atoms with Gasteiger partial charge in [0.2, 0.25) is 0 Å². The maximum atomic E-state index is 6.63. The fraction of sp³-hybridized carbons (Fsp3) is 0.647. The fourth-order valence-electron chi connectivity index (χ4n) is 3.57. The molecule has 1 aliphatic heterocycles. The van der Waals surface area contributed by atoms with Crippen molar-refractivity contribution in [1.82, 2.24) is 5.32 Å². The van der Waals surface area contributed by atoms with Gasteiger partial charge in [-0.1, -0.05) is 49.4 Å². The van der Waals surface area contributed by atoms with E-state index < -0.39 is 0 Å². The van der Waals surface area contributed by atoms with Gasteiger partial charge in [0, 0.05) is 17.6 Å². The smallest absolute Gasteiger partial charge is 0.0983 e.